The molecule has 0 radical (unpaired) electrons. The molecule has 0 spiro atoms. The molecule has 0 heterocycles. The van der Waals surface area contributed by atoms with Crippen molar-refractivity contribution in [3.05, 3.63) is 20.2 Å². The van der Waals surface area contributed by atoms with Crippen LogP contribution in [0.5, 0.6) is 0 Å². The number of nitrogens with zero attached hydrogens (tertiary/aromatic N) is 4. The van der Waals surface area contributed by atoms with Gasteiger partial charge in [0.2, 0.25) is 11.1 Å². The van der Waals surface area contributed by atoms with Gasteiger partial charge in [-0.05, 0) is 40.5 Å². The summed E-state index contributed by atoms with van der Waals surface area (Å²) in [5, 5.41) is 54.4. The summed E-state index contributed by atoms with van der Waals surface area (Å²) in [6.45, 7) is 6.08. The van der Waals surface area contributed by atoms with E-state index in [2.05, 4.69) is 21.1 Å². The van der Waals surface area contributed by atoms with Crippen LogP contribution in [0.1, 0.15) is 79.1 Å². The SMILES string of the molecule is C/C(=N/NC(N)=O)[C@@H]1C[C@@](CC[C@]2([N+](=O)[O-])CC[C@@](C)(O)[C@H](/C(C)=N\NC(N)=O)C2)([N+](=O)[O-])CC[C@@]1(C)O. The molecule has 6 atom stereocenters. The lowest BCUT2D eigenvalue weighted by Gasteiger charge is -2.45. The number of nitrogens with one attached hydrogen (secondary N) is 2. The Morgan fingerprint density at radius 1 is 0.816 bits per heavy atom. The van der Waals surface area contributed by atoms with Crippen molar-refractivity contribution in [2.45, 2.75) is 101 Å². The van der Waals surface area contributed by atoms with Gasteiger partial charge in [0.1, 0.15) is 0 Å². The van der Waals surface area contributed by atoms with E-state index in [1.54, 1.807) is 0 Å². The Morgan fingerprint density at radius 3 is 1.39 bits per heavy atom. The Labute approximate surface area is 219 Å². The number of primary amides is 2. The van der Waals surface area contributed by atoms with Crippen LogP contribution in [-0.2, 0) is 0 Å². The van der Waals surface area contributed by atoms with Crippen molar-refractivity contribution in [3.8, 4) is 0 Å². The smallest absolute Gasteiger partial charge is 0.332 e. The summed E-state index contributed by atoms with van der Waals surface area (Å²) in [6, 6.07) is -1.86. The second kappa shape index (κ2) is 11.1. The monoisotopic (exact) mass is 542 g/mol. The number of carbonyl (C=O) groups excluding carboxylic acids is 2. The van der Waals surface area contributed by atoms with Crippen LogP contribution in [0.15, 0.2) is 10.2 Å². The number of nitro groups is 2. The molecule has 0 aromatic carbocycles. The number of urea groups is 2. The highest BCUT2D eigenvalue weighted by molar-refractivity contribution is 5.87. The Hall–Kier alpha value is -3.40. The summed E-state index contributed by atoms with van der Waals surface area (Å²) in [7, 11) is 0. The topological polar surface area (TPSA) is 262 Å². The minimum atomic E-state index is -1.59. The van der Waals surface area contributed by atoms with Gasteiger partial charge in [0, 0.05) is 71.6 Å². The summed E-state index contributed by atoms with van der Waals surface area (Å²) in [6.07, 6.45) is -0.578. The molecule has 2 aliphatic carbocycles. The van der Waals surface area contributed by atoms with Gasteiger partial charge in [-0.15, -0.1) is 0 Å². The molecule has 0 aromatic rings. The van der Waals surface area contributed by atoms with Gasteiger partial charge in [0.15, 0.2) is 0 Å². The fraction of sp³-hybridized carbons (Fsp3) is 0.818. The Kier molecular flexibility index (Phi) is 9.04. The number of hydrogen-bond acceptors (Lipinski definition) is 10. The summed E-state index contributed by atoms with van der Waals surface area (Å²) >= 11 is 0. The van der Waals surface area contributed by atoms with Gasteiger partial charge < -0.3 is 21.7 Å². The highest BCUT2D eigenvalue weighted by Gasteiger charge is 2.59. The van der Waals surface area contributed by atoms with Gasteiger partial charge in [-0.25, -0.2) is 20.4 Å². The molecule has 0 saturated heterocycles. The van der Waals surface area contributed by atoms with Crippen LogP contribution < -0.4 is 22.3 Å². The van der Waals surface area contributed by atoms with Crippen LogP contribution >= 0.6 is 0 Å². The van der Waals surface area contributed by atoms with E-state index in [-0.39, 0.29) is 62.8 Å². The first-order valence-electron chi connectivity index (χ1n) is 12.3. The maximum atomic E-state index is 12.4. The first kappa shape index (κ1) is 30.8. The highest BCUT2D eigenvalue weighted by atomic mass is 16.6. The van der Waals surface area contributed by atoms with Crippen LogP contribution in [0.3, 0.4) is 0 Å². The van der Waals surface area contributed by atoms with Gasteiger partial charge >= 0.3 is 12.1 Å². The fourth-order valence-electron chi connectivity index (χ4n) is 5.80. The standard InChI is InChI=1S/C22H38N8O8/c1-13(25-27-17(23)31)15-11-21(29(35)36,7-5-19(15,3)33)9-10-22(30(37)38)8-6-20(4,34)16(12-22)14(2)26-28-18(24)32/h15-16,33-34H,5-12H2,1-4H3,(H3,23,27,31)(H3,24,28,32)/b25-13-,26-14-/t15-,16-,19+,20+,21+,22+/m0/s1. The van der Waals surface area contributed by atoms with E-state index in [4.69, 9.17) is 11.5 Å². The average molecular weight is 543 g/mol. The first-order valence-corrected chi connectivity index (χ1v) is 12.3. The molecular weight excluding hydrogens is 504 g/mol. The lowest BCUT2D eigenvalue weighted by atomic mass is 9.61. The number of carbonyl (C=O) groups is 2. The lowest BCUT2D eigenvalue weighted by molar-refractivity contribution is -0.596. The molecule has 0 aliphatic heterocycles. The zero-order valence-electron chi connectivity index (χ0n) is 22.1. The van der Waals surface area contributed by atoms with E-state index >= 15 is 0 Å². The zero-order chi connectivity index (χ0) is 29.1. The number of nitrogens with two attached hydrogens (primary N) is 2. The minimum Gasteiger partial charge on any atom is -0.389 e. The predicted octanol–water partition coefficient (Wildman–Crippen LogP) is 0.988. The molecule has 214 valence electrons. The summed E-state index contributed by atoms with van der Waals surface area (Å²) in [5.41, 5.74) is 8.83. The van der Waals surface area contributed by atoms with Gasteiger partial charge in [-0.3, -0.25) is 20.2 Å². The second-order valence-electron chi connectivity index (χ2n) is 11.1. The fourth-order valence-corrected chi connectivity index (χ4v) is 5.80. The predicted molar refractivity (Wildman–Crippen MR) is 136 cm³/mol. The first-order chi connectivity index (χ1) is 17.4. The minimum absolute atomic E-state index is 0.0159. The maximum absolute atomic E-state index is 12.4. The summed E-state index contributed by atoms with van der Waals surface area (Å²) in [4.78, 5) is 46.1. The molecular formula is C22H38N8O8. The van der Waals surface area contributed by atoms with Crippen molar-refractivity contribution in [2.75, 3.05) is 0 Å². The molecule has 0 aromatic heterocycles. The van der Waals surface area contributed by atoms with Crippen LogP contribution in [0.4, 0.5) is 9.59 Å². The molecule has 2 saturated carbocycles. The Balaban J connectivity index is 2.38. The van der Waals surface area contributed by atoms with E-state index in [1.165, 1.54) is 27.7 Å². The molecule has 0 unspecified atom stereocenters. The third kappa shape index (κ3) is 6.72. The van der Waals surface area contributed by atoms with E-state index in [9.17, 15) is 40.0 Å². The van der Waals surface area contributed by atoms with Crippen molar-refractivity contribution in [1.29, 1.82) is 0 Å². The van der Waals surface area contributed by atoms with Crippen molar-refractivity contribution < 1.29 is 29.6 Å². The maximum Gasteiger partial charge on any atom is 0.332 e. The third-order valence-corrected chi connectivity index (χ3v) is 8.39. The molecule has 0 bridgehead atoms. The highest BCUT2D eigenvalue weighted by Crippen LogP contribution is 2.48. The number of amides is 4. The van der Waals surface area contributed by atoms with E-state index in [1.807, 2.05) is 0 Å². The number of hydrogen-bond donors (Lipinski definition) is 6. The van der Waals surface area contributed by atoms with Gasteiger partial charge in [-0.1, -0.05) is 0 Å². The molecule has 2 rings (SSSR count). The molecule has 38 heavy (non-hydrogen) atoms. The van der Waals surface area contributed by atoms with Crippen molar-refractivity contribution >= 4 is 23.5 Å². The molecule has 4 amide bonds. The largest absolute Gasteiger partial charge is 0.389 e. The Morgan fingerprint density at radius 2 is 1.13 bits per heavy atom. The van der Waals surface area contributed by atoms with E-state index in [0.29, 0.717) is 0 Å². The van der Waals surface area contributed by atoms with Crippen molar-refractivity contribution in [2.24, 2.45) is 33.5 Å². The van der Waals surface area contributed by atoms with Crippen LogP contribution in [-0.4, -0.2) is 65.8 Å². The van der Waals surface area contributed by atoms with Gasteiger partial charge in [0.25, 0.3) is 0 Å². The third-order valence-electron chi connectivity index (χ3n) is 8.39. The van der Waals surface area contributed by atoms with E-state index < -0.39 is 56.0 Å². The molecule has 2 aliphatic rings. The summed E-state index contributed by atoms with van der Waals surface area (Å²) < 4.78 is 0. The van der Waals surface area contributed by atoms with Crippen LogP contribution in [0.25, 0.3) is 0 Å². The normalized spacial score (nSPS) is 36.3. The van der Waals surface area contributed by atoms with Crippen molar-refractivity contribution in [1.82, 2.24) is 10.9 Å². The molecule has 8 N–H and O–H groups in total. The Bertz CT molecular complexity index is 949. The summed E-state index contributed by atoms with van der Waals surface area (Å²) in [5.74, 6) is -1.62. The number of hydrazone groups is 2. The quantitative estimate of drug-likeness (QED) is 0.139. The molecule has 16 heteroatoms. The average Bonchev–Trinajstić information content (AvgIpc) is 2.80. The lowest BCUT2D eigenvalue weighted by Crippen LogP contribution is -2.57. The van der Waals surface area contributed by atoms with Crippen molar-refractivity contribution in [3.63, 3.8) is 0 Å². The molecule has 16 nitrogen and oxygen atoms in total. The number of aliphatic hydroxyl groups is 2. The van der Waals surface area contributed by atoms with Gasteiger partial charge in [-0.2, -0.15) is 10.2 Å². The zero-order valence-corrected chi connectivity index (χ0v) is 22.1. The molecule has 2 fully saturated rings. The number of rotatable bonds is 9. The second-order valence-corrected chi connectivity index (χ2v) is 11.1. The van der Waals surface area contributed by atoms with E-state index in [0.717, 1.165) is 0 Å². The van der Waals surface area contributed by atoms with Gasteiger partial charge in [0.05, 0.1) is 11.2 Å². The van der Waals surface area contributed by atoms with Crippen LogP contribution in [0.2, 0.25) is 0 Å². The van der Waals surface area contributed by atoms with Crippen LogP contribution in [0, 0.1) is 32.1 Å².